The lowest BCUT2D eigenvalue weighted by molar-refractivity contribution is 0.291. The second-order valence-corrected chi connectivity index (χ2v) is 1.53. The van der Waals surface area contributed by atoms with Crippen LogP contribution in [0.4, 0.5) is 0 Å². The van der Waals surface area contributed by atoms with Crippen molar-refractivity contribution in [2.45, 2.75) is 0 Å². The van der Waals surface area contributed by atoms with Gasteiger partial charge in [0.1, 0.15) is 8.52 Å². The summed E-state index contributed by atoms with van der Waals surface area (Å²) in [5.41, 5.74) is 10.4. The summed E-state index contributed by atoms with van der Waals surface area (Å²) in [6.45, 7) is 0. The first-order valence-electron chi connectivity index (χ1n) is 2.01. The Morgan fingerprint density at radius 2 is 2.62 bits per heavy atom. The van der Waals surface area contributed by atoms with Gasteiger partial charge in [0.05, 0.1) is 6.20 Å². The Bertz CT molecular complexity index is 120. The molecule has 1 rings (SSSR count). The average molecular weight is 131 g/mol. The molecule has 1 heterocycles. The predicted molar refractivity (Wildman–Crippen MR) is 30.8 cm³/mol. The van der Waals surface area contributed by atoms with Crippen LogP contribution in [0.2, 0.25) is 0 Å². The molecule has 0 unspecified atom stereocenters. The number of rotatable bonds is 1. The van der Waals surface area contributed by atoms with Gasteiger partial charge in [0.15, 0.2) is 0 Å². The van der Waals surface area contributed by atoms with Crippen LogP contribution < -0.4 is 16.5 Å². The summed E-state index contributed by atoms with van der Waals surface area (Å²) in [7, 11) is 0.492. The summed E-state index contributed by atoms with van der Waals surface area (Å²) >= 11 is 0. The molecule has 0 radical (unpaired) electrons. The SMILES string of the molecule is NP=NN1C=CNN1. The lowest BCUT2D eigenvalue weighted by Gasteiger charge is -2.04. The molecule has 0 spiro atoms. The maximum absolute atomic E-state index is 5.07. The van der Waals surface area contributed by atoms with Crippen molar-refractivity contribution in [2.75, 3.05) is 0 Å². The molecule has 6 heteroatoms. The van der Waals surface area contributed by atoms with Crippen molar-refractivity contribution in [3.8, 4) is 0 Å². The first-order valence-corrected chi connectivity index (χ1v) is 2.93. The summed E-state index contributed by atoms with van der Waals surface area (Å²) in [5.74, 6) is 0. The Balaban J connectivity index is 2.36. The van der Waals surface area contributed by atoms with Gasteiger partial charge in [-0.15, -0.1) is 10.4 Å². The lowest BCUT2D eigenvalue weighted by Crippen LogP contribution is -2.30. The summed E-state index contributed by atoms with van der Waals surface area (Å²) in [6.07, 6.45) is 3.44. The van der Waals surface area contributed by atoms with Gasteiger partial charge in [-0.1, -0.05) is 0 Å². The molecule has 0 aromatic carbocycles. The number of nitrogens with two attached hydrogens (primary N) is 1. The summed E-state index contributed by atoms with van der Waals surface area (Å²) in [4.78, 5) is 3.75. The van der Waals surface area contributed by atoms with Crippen LogP contribution in [0, 0.1) is 0 Å². The summed E-state index contributed by atoms with van der Waals surface area (Å²) in [6, 6.07) is 0. The molecular weight excluding hydrogens is 125 g/mol. The van der Waals surface area contributed by atoms with Crippen molar-refractivity contribution < 1.29 is 0 Å². The van der Waals surface area contributed by atoms with Crippen molar-refractivity contribution >= 4 is 8.52 Å². The fraction of sp³-hybridized carbons (Fsp3) is 0. The minimum atomic E-state index is 0.492. The second kappa shape index (κ2) is 2.61. The first kappa shape index (κ1) is 5.50. The Hall–Kier alpha value is -0.640. The standard InChI is InChI=1S/C2H6N5P/c3-8-6-7-2-1-4-5-7/h1-2,4-5H,(H2,3,6). The van der Waals surface area contributed by atoms with E-state index in [0.717, 1.165) is 0 Å². The molecule has 4 N–H and O–H groups in total. The Kier molecular flexibility index (Phi) is 1.80. The third-order valence-corrected chi connectivity index (χ3v) is 0.922. The molecule has 0 atom stereocenters. The predicted octanol–water partition coefficient (Wildman–Crippen LogP) is -0.299. The molecule has 0 aromatic rings. The van der Waals surface area contributed by atoms with E-state index in [1.54, 1.807) is 12.4 Å². The van der Waals surface area contributed by atoms with Gasteiger partial charge in [0.2, 0.25) is 0 Å². The minimum absolute atomic E-state index is 0.492. The van der Waals surface area contributed by atoms with E-state index in [1.165, 1.54) is 5.12 Å². The van der Waals surface area contributed by atoms with Crippen LogP contribution in [0.25, 0.3) is 0 Å². The highest BCUT2D eigenvalue weighted by Crippen LogP contribution is 1.94. The molecule has 1 aliphatic rings. The zero-order valence-corrected chi connectivity index (χ0v) is 4.97. The van der Waals surface area contributed by atoms with Gasteiger partial charge in [0.25, 0.3) is 0 Å². The molecule has 0 aromatic heterocycles. The quantitative estimate of drug-likeness (QED) is 0.427. The van der Waals surface area contributed by atoms with E-state index in [0.29, 0.717) is 8.52 Å². The Labute approximate surface area is 48.4 Å². The Morgan fingerprint density at radius 3 is 3.12 bits per heavy atom. The van der Waals surface area contributed by atoms with Crippen molar-refractivity contribution in [1.29, 1.82) is 0 Å². The van der Waals surface area contributed by atoms with Crippen LogP contribution in [0.5, 0.6) is 0 Å². The highest BCUT2D eigenvalue weighted by Gasteiger charge is 1.95. The average Bonchev–Trinajstić information content (AvgIpc) is 2.19. The van der Waals surface area contributed by atoms with Gasteiger partial charge in [-0.25, -0.2) is 0 Å². The van der Waals surface area contributed by atoms with Crippen molar-refractivity contribution in [2.24, 2.45) is 10.4 Å². The molecule has 0 aliphatic carbocycles. The zero-order valence-electron chi connectivity index (χ0n) is 4.07. The van der Waals surface area contributed by atoms with E-state index in [9.17, 15) is 0 Å². The van der Waals surface area contributed by atoms with Crippen LogP contribution in [0.1, 0.15) is 0 Å². The largest absolute Gasteiger partial charge is 0.308 e. The number of nitrogens with zero attached hydrogens (tertiary/aromatic N) is 2. The topological polar surface area (TPSA) is 65.7 Å². The second-order valence-electron chi connectivity index (χ2n) is 1.12. The smallest absolute Gasteiger partial charge is 0.118 e. The number of hydrogen-bond donors (Lipinski definition) is 3. The van der Waals surface area contributed by atoms with Crippen LogP contribution in [-0.4, -0.2) is 5.12 Å². The van der Waals surface area contributed by atoms with Crippen LogP contribution in [0.3, 0.4) is 0 Å². The summed E-state index contributed by atoms with van der Waals surface area (Å²) in [5, 5.41) is 1.49. The van der Waals surface area contributed by atoms with E-state index in [1.807, 2.05) is 0 Å². The molecule has 0 saturated heterocycles. The van der Waals surface area contributed by atoms with Crippen LogP contribution in [0.15, 0.2) is 17.3 Å². The van der Waals surface area contributed by atoms with Crippen molar-refractivity contribution in [3.05, 3.63) is 12.4 Å². The molecule has 1 aliphatic heterocycles. The highest BCUT2D eigenvalue weighted by molar-refractivity contribution is 7.23. The molecule has 44 valence electrons. The van der Waals surface area contributed by atoms with Crippen molar-refractivity contribution in [3.63, 3.8) is 0 Å². The number of hydrazine groups is 2. The van der Waals surface area contributed by atoms with Gasteiger partial charge >= 0.3 is 0 Å². The molecular formula is C2H6N5P. The van der Waals surface area contributed by atoms with E-state index >= 15 is 0 Å². The van der Waals surface area contributed by atoms with Gasteiger partial charge in [-0.3, -0.25) is 5.50 Å². The van der Waals surface area contributed by atoms with Gasteiger partial charge in [-0.05, 0) is 0 Å². The van der Waals surface area contributed by atoms with Crippen LogP contribution in [-0.2, 0) is 0 Å². The number of hydrogen-bond acceptors (Lipinski definition) is 3. The first-order chi connectivity index (χ1) is 3.93. The molecule has 0 fully saturated rings. The zero-order chi connectivity index (χ0) is 5.82. The van der Waals surface area contributed by atoms with Crippen molar-refractivity contribution in [1.82, 2.24) is 16.1 Å². The minimum Gasteiger partial charge on any atom is -0.308 e. The van der Waals surface area contributed by atoms with Crippen LogP contribution >= 0.6 is 8.52 Å². The fourth-order valence-electron chi connectivity index (χ4n) is 0.356. The molecule has 8 heavy (non-hydrogen) atoms. The van der Waals surface area contributed by atoms with Gasteiger partial charge < -0.3 is 5.43 Å². The summed E-state index contributed by atoms with van der Waals surface area (Å²) < 4.78 is 0. The molecule has 5 nitrogen and oxygen atoms in total. The Morgan fingerprint density at radius 1 is 1.75 bits per heavy atom. The van der Waals surface area contributed by atoms with Gasteiger partial charge in [-0.2, -0.15) is 5.12 Å². The van der Waals surface area contributed by atoms with E-state index in [4.69, 9.17) is 5.50 Å². The van der Waals surface area contributed by atoms with E-state index in [-0.39, 0.29) is 0 Å². The number of nitrogens with one attached hydrogen (secondary N) is 2. The fourth-order valence-corrected chi connectivity index (χ4v) is 0.572. The normalized spacial score (nSPS) is 17.9. The van der Waals surface area contributed by atoms with E-state index < -0.39 is 0 Å². The molecule has 0 saturated carbocycles. The third kappa shape index (κ3) is 1.16. The molecule has 0 amide bonds. The lowest BCUT2D eigenvalue weighted by atomic mass is 11.0. The monoisotopic (exact) mass is 131 g/mol. The highest BCUT2D eigenvalue weighted by atomic mass is 31.1. The molecule has 0 bridgehead atoms. The van der Waals surface area contributed by atoms with Gasteiger partial charge in [0, 0.05) is 6.20 Å². The van der Waals surface area contributed by atoms with E-state index in [2.05, 4.69) is 15.8 Å². The maximum atomic E-state index is 5.07. The third-order valence-electron chi connectivity index (χ3n) is 0.626. The maximum Gasteiger partial charge on any atom is 0.118 e.